The average Bonchev–Trinajstić information content (AvgIpc) is 3.16. The zero-order chi connectivity index (χ0) is 21.4. The maximum absolute atomic E-state index is 12.1. The minimum atomic E-state index is -1.07. The minimum absolute atomic E-state index is 0.106. The number of rotatable bonds is 9. The van der Waals surface area contributed by atoms with Gasteiger partial charge in [-0.3, -0.25) is 9.59 Å². The van der Waals surface area contributed by atoms with Crippen LogP contribution < -0.4 is 16.0 Å². The topological polar surface area (TPSA) is 109 Å². The number of anilines is 2. The van der Waals surface area contributed by atoms with Crippen molar-refractivity contribution >= 4 is 39.9 Å². The van der Waals surface area contributed by atoms with Crippen molar-refractivity contribution in [3.05, 3.63) is 53.1 Å². The molecule has 0 radical (unpaired) electrons. The summed E-state index contributed by atoms with van der Waals surface area (Å²) in [5.41, 5.74) is 2.68. The summed E-state index contributed by atoms with van der Waals surface area (Å²) in [6, 6.07) is 5.68. The first kappa shape index (κ1) is 22.1. The Morgan fingerprint density at radius 2 is 1.97 bits per heavy atom. The molecule has 0 bridgehead atoms. The molecule has 154 valence electrons. The van der Waals surface area contributed by atoms with E-state index >= 15 is 0 Å². The average molecular weight is 417 g/mol. The van der Waals surface area contributed by atoms with Crippen molar-refractivity contribution in [3.63, 3.8) is 0 Å². The number of para-hydroxylation sites is 1. The van der Waals surface area contributed by atoms with E-state index in [2.05, 4.69) is 27.5 Å². The second-order valence-electron chi connectivity index (χ2n) is 6.29. The predicted octanol–water partition coefficient (Wildman–Crippen LogP) is 2.66. The molecule has 0 unspecified atom stereocenters. The van der Waals surface area contributed by atoms with Crippen molar-refractivity contribution in [1.82, 2.24) is 10.3 Å². The Morgan fingerprint density at radius 1 is 1.28 bits per heavy atom. The van der Waals surface area contributed by atoms with E-state index in [0.717, 1.165) is 16.8 Å². The van der Waals surface area contributed by atoms with E-state index in [9.17, 15) is 14.4 Å². The van der Waals surface area contributed by atoms with Gasteiger partial charge in [-0.25, -0.2) is 9.78 Å². The Kier molecular flexibility index (Phi) is 7.90. The molecular weight excluding hydrogens is 392 g/mol. The minimum Gasteiger partial charge on any atom is -0.448 e. The van der Waals surface area contributed by atoms with Crippen LogP contribution in [0.15, 0.2) is 36.2 Å². The third-order valence-electron chi connectivity index (χ3n) is 3.93. The molecule has 3 N–H and O–H groups in total. The number of nitrogens with one attached hydrogen (secondary N) is 3. The van der Waals surface area contributed by atoms with Crippen molar-refractivity contribution in [2.75, 3.05) is 23.7 Å². The van der Waals surface area contributed by atoms with E-state index in [1.165, 1.54) is 23.6 Å². The van der Waals surface area contributed by atoms with Crippen molar-refractivity contribution in [3.8, 4) is 0 Å². The number of ether oxygens (including phenoxy) is 1. The van der Waals surface area contributed by atoms with Crippen LogP contribution in [0.5, 0.6) is 0 Å². The Morgan fingerprint density at radius 3 is 2.62 bits per heavy atom. The van der Waals surface area contributed by atoms with Crippen LogP contribution in [0, 0.1) is 13.8 Å². The highest BCUT2D eigenvalue weighted by Crippen LogP contribution is 2.19. The lowest BCUT2D eigenvalue weighted by atomic mass is 10.1. The van der Waals surface area contributed by atoms with Gasteiger partial charge in [-0.15, -0.1) is 17.9 Å². The summed E-state index contributed by atoms with van der Waals surface area (Å²) in [4.78, 5) is 40.5. The number of nitrogens with zero attached hydrogens (tertiary/aromatic N) is 1. The van der Waals surface area contributed by atoms with E-state index < -0.39 is 18.0 Å². The van der Waals surface area contributed by atoms with Gasteiger partial charge in [0.2, 0.25) is 5.91 Å². The van der Waals surface area contributed by atoms with Crippen LogP contribution >= 0.6 is 11.3 Å². The number of aryl methyl sites for hydroxylation is 2. The monoisotopic (exact) mass is 416 g/mol. The Bertz CT molecular complexity index is 889. The molecule has 1 atom stereocenters. The van der Waals surface area contributed by atoms with Crippen molar-refractivity contribution in [2.45, 2.75) is 26.9 Å². The van der Waals surface area contributed by atoms with Gasteiger partial charge in [0.05, 0.1) is 6.54 Å². The standard InChI is InChI=1S/C20H24N4O4S/c1-5-9-21-20-23-15(11-29-20)19(27)28-14(4)18(26)22-10-16(25)24-17-12(2)7-6-8-13(17)3/h5-8,11,14H,1,9-10H2,2-4H3,(H,21,23)(H,22,26)(H,24,25)/t14-/m0/s1. The number of amides is 2. The molecule has 0 fully saturated rings. The normalized spacial score (nSPS) is 11.3. The molecule has 29 heavy (non-hydrogen) atoms. The summed E-state index contributed by atoms with van der Waals surface area (Å²) < 4.78 is 5.12. The molecule has 2 rings (SSSR count). The first-order valence-electron chi connectivity index (χ1n) is 8.97. The van der Waals surface area contributed by atoms with Crippen LogP contribution in [0.3, 0.4) is 0 Å². The van der Waals surface area contributed by atoms with Gasteiger partial charge < -0.3 is 20.7 Å². The first-order valence-corrected chi connectivity index (χ1v) is 9.84. The molecule has 9 heteroatoms. The Balaban J connectivity index is 1.82. The molecule has 8 nitrogen and oxygen atoms in total. The molecule has 2 amide bonds. The van der Waals surface area contributed by atoms with E-state index in [1.807, 2.05) is 32.0 Å². The maximum Gasteiger partial charge on any atom is 0.358 e. The molecular formula is C20H24N4O4S. The predicted molar refractivity (Wildman–Crippen MR) is 113 cm³/mol. The summed E-state index contributed by atoms with van der Waals surface area (Å²) in [7, 11) is 0. The highest BCUT2D eigenvalue weighted by atomic mass is 32.1. The number of esters is 1. The number of aromatic nitrogens is 1. The Labute approximate surface area is 173 Å². The lowest BCUT2D eigenvalue weighted by molar-refractivity contribution is -0.130. The summed E-state index contributed by atoms with van der Waals surface area (Å²) in [6.07, 6.45) is 0.601. The maximum atomic E-state index is 12.1. The zero-order valence-corrected chi connectivity index (χ0v) is 17.4. The number of thiazole rings is 1. The van der Waals surface area contributed by atoms with Gasteiger partial charge in [-0.05, 0) is 31.9 Å². The third kappa shape index (κ3) is 6.42. The zero-order valence-electron chi connectivity index (χ0n) is 16.6. The van der Waals surface area contributed by atoms with Crippen LogP contribution in [0.25, 0.3) is 0 Å². The van der Waals surface area contributed by atoms with E-state index in [0.29, 0.717) is 11.7 Å². The number of hydrogen-bond acceptors (Lipinski definition) is 7. The lowest BCUT2D eigenvalue weighted by Gasteiger charge is -2.14. The molecule has 1 aromatic carbocycles. The van der Waals surface area contributed by atoms with Gasteiger partial charge in [0.25, 0.3) is 5.91 Å². The number of benzene rings is 1. The van der Waals surface area contributed by atoms with Crippen LogP contribution in [-0.4, -0.2) is 42.0 Å². The number of carbonyl (C=O) groups is 3. The van der Waals surface area contributed by atoms with Gasteiger partial charge in [-0.2, -0.15) is 0 Å². The molecule has 1 aromatic heterocycles. The summed E-state index contributed by atoms with van der Waals surface area (Å²) in [5.74, 6) is -1.66. The molecule has 0 aliphatic heterocycles. The van der Waals surface area contributed by atoms with Crippen LogP contribution in [0.2, 0.25) is 0 Å². The molecule has 0 spiro atoms. The first-order chi connectivity index (χ1) is 13.8. The molecule has 0 aliphatic carbocycles. The highest BCUT2D eigenvalue weighted by molar-refractivity contribution is 7.13. The second kappa shape index (κ2) is 10.4. The van der Waals surface area contributed by atoms with Gasteiger partial charge in [0, 0.05) is 17.6 Å². The molecule has 1 heterocycles. The summed E-state index contributed by atoms with van der Waals surface area (Å²) in [5, 5.41) is 10.3. The lowest BCUT2D eigenvalue weighted by Crippen LogP contribution is -2.40. The van der Waals surface area contributed by atoms with E-state index in [4.69, 9.17) is 4.74 Å². The van der Waals surface area contributed by atoms with E-state index in [1.54, 1.807) is 6.08 Å². The SMILES string of the molecule is C=CCNc1nc(C(=O)O[C@@H](C)C(=O)NCC(=O)Nc2c(C)cccc2C)cs1. The van der Waals surface area contributed by atoms with Crippen molar-refractivity contribution < 1.29 is 19.1 Å². The summed E-state index contributed by atoms with van der Waals surface area (Å²) in [6.45, 7) is 9.08. The molecule has 0 saturated carbocycles. The number of hydrogen-bond donors (Lipinski definition) is 3. The van der Waals surface area contributed by atoms with Crippen molar-refractivity contribution in [2.24, 2.45) is 0 Å². The fourth-order valence-electron chi connectivity index (χ4n) is 2.39. The largest absolute Gasteiger partial charge is 0.448 e. The fourth-order valence-corrected chi connectivity index (χ4v) is 3.08. The quantitative estimate of drug-likeness (QED) is 0.428. The third-order valence-corrected chi connectivity index (χ3v) is 4.73. The molecule has 0 aliphatic rings. The number of carbonyl (C=O) groups excluding carboxylic acids is 3. The molecule has 2 aromatic rings. The van der Waals surface area contributed by atoms with Gasteiger partial charge in [0.1, 0.15) is 0 Å². The van der Waals surface area contributed by atoms with Crippen LogP contribution in [0.4, 0.5) is 10.8 Å². The van der Waals surface area contributed by atoms with Gasteiger partial charge in [0.15, 0.2) is 16.9 Å². The Hall–Kier alpha value is -3.20. The highest BCUT2D eigenvalue weighted by Gasteiger charge is 2.21. The smallest absolute Gasteiger partial charge is 0.358 e. The second-order valence-corrected chi connectivity index (χ2v) is 7.15. The van der Waals surface area contributed by atoms with E-state index in [-0.39, 0.29) is 18.1 Å². The molecule has 0 saturated heterocycles. The van der Waals surface area contributed by atoms with Crippen LogP contribution in [0.1, 0.15) is 28.5 Å². The fraction of sp³-hybridized carbons (Fsp3) is 0.300. The summed E-state index contributed by atoms with van der Waals surface area (Å²) >= 11 is 1.25. The van der Waals surface area contributed by atoms with Gasteiger partial charge in [-0.1, -0.05) is 24.3 Å². The van der Waals surface area contributed by atoms with Crippen LogP contribution in [-0.2, 0) is 14.3 Å². The van der Waals surface area contributed by atoms with Gasteiger partial charge >= 0.3 is 5.97 Å². The van der Waals surface area contributed by atoms with Crippen molar-refractivity contribution in [1.29, 1.82) is 0 Å².